The average molecular weight is 278 g/mol. The minimum absolute atomic E-state index is 0.0825. The summed E-state index contributed by atoms with van der Waals surface area (Å²) < 4.78 is 14.0. The first kappa shape index (κ1) is 12.6. The standard InChI is InChI=1S/C10H13BrFNO2/c11-6-1-2-7(8(12)5-6)10(15)9(14)3-4-13/h1-2,5,9-10,14-15H,3-4,13H2. The topological polar surface area (TPSA) is 66.5 Å². The summed E-state index contributed by atoms with van der Waals surface area (Å²) in [5.74, 6) is -0.548. The molecule has 1 aromatic carbocycles. The SMILES string of the molecule is NCCC(O)C(O)c1ccc(Br)cc1F. The van der Waals surface area contributed by atoms with E-state index in [1.54, 1.807) is 6.07 Å². The molecule has 15 heavy (non-hydrogen) atoms. The molecule has 5 heteroatoms. The van der Waals surface area contributed by atoms with Crippen LogP contribution in [0, 0.1) is 5.82 Å². The van der Waals surface area contributed by atoms with Crippen molar-refractivity contribution in [3.63, 3.8) is 0 Å². The molecule has 0 aliphatic heterocycles. The van der Waals surface area contributed by atoms with Crippen molar-refractivity contribution < 1.29 is 14.6 Å². The largest absolute Gasteiger partial charge is 0.390 e. The van der Waals surface area contributed by atoms with E-state index in [0.717, 1.165) is 0 Å². The Morgan fingerprint density at radius 1 is 1.40 bits per heavy atom. The molecule has 0 amide bonds. The molecule has 2 unspecified atom stereocenters. The Labute approximate surface area is 95.9 Å². The second-order valence-electron chi connectivity index (χ2n) is 3.26. The molecule has 0 radical (unpaired) electrons. The molecule has 0 bridgehead atoms. The van der Waals surface area contributed by atoms with Gasteiger partial charge in [0.05, 0.1) is 6.10 Å². The van der Waals surface area contributed by atoms with Gasteiger partial charge in [0.1, 0.15) is 11.9 Å². The third kappa shape index (κ3) is 3.24. The number of halogens is 2. The zero-order valence-electron chi connectivity index (χ0n) is 8.03. The first-order valence-corrected chi connectivity index (χ1v) is 5.36. The molecular formula is C10H13BrFNO2. The molecule has 3 nitrogen and oxygen atoms in total. The van der Waals surface area contributed by atoms with Crippen LogP contribution in [0.2, 0.25) is 0 Å². The monoisotopic (exact) mass is 277 g/mol. The number of benzene rings is 1. The second-order valence-corrected chi connectivity index (χ2v) is 4.17. The van der Waals surface area contributed by atoms with Crippen molar-refractivity contribution in [3.05, 3.63) is 34.1 Å². The zero-order chi connectivity index (χ0) is 11.4. The molecule has 84 valence electrons. The molecule has 0 aliphatic carbocycles. The molecule has 1 aromatic rings. The summed E-state index contributed by atoms with van der Waals surface area (Å²) in [6, 6.07) is 4.29. The Morgan fingerprint density at radius 3 is 2.60 bits per heavy atom. The molecule has 4 N–H and O–H groups in total. The van der Waals surface area contributed by atoms with Crippen LogP contribution in [-0.2, 0) is 0 Å². The van der Waals surface area contributed by atoms with E-state index in [1.807, 2.05) is 0 Å². The molecule has 2 atom stereocenters. The van der Waals surface area contributed by atoms with Gasteiger partial charge in [0.25, 0.3) is 0 Å². The summed E-state index contributed by atoms with van der Waals surface area (Å²) in [5.41, 5.74) is 5.32. The molecule has 0 aromatic heterocycles. The van der Waals surface area contributed by atoms with Crippen LogP contribution >= 0.6 is 15.9 Å². The quantitative estimate of drug-likeness (QED) is 0.778. The maximum atomic E-state index is 13.4. The van der Waals surface area contributed by atoms with E-state index in [2.05, 4.69) is 15.9 Å². The van der Waals surface area contributed by atoms with E-state index >= 15 is 0 Å². The average Bonchev–Trinajstić information content (AvgIpc) is 2.17. The lowest BCUT2D eigenvalue weighted by Crippen LogP contribution is -2.22. The summed E-state index contributed by atoms with van der Waals surface area (Å²) in [6.45, 7) is 0.246. The molecule has 0 saturated heterocycles. The molecule has 1 rings (SSSR count). The van der Waals surface area contributed by atoms with Crippen LogP contribution in [-0.4, -0.2) is 22.9 Å². The van der Waals surface area contributed by atoms with Crippen molar-refractivity contribution in [2.75, 3.05) is 6.54 Å². The van der Waals surface area contributed by atoms with Gasteiger partial charge in [0, 0.05) is 10.0 Å². The molecule has 0 aliphatic rings. The normalized spacial score (nSPS) is 15.0. The van der Waals surface area contributed by atoms with Crippen molar-refractivity contribution >= 4 is 15.9 Å². The number of hydrogen-bond acceptors (Lipinski definition) is 3. The summed E-state index contributed by atoms with van der Waals surface area (Å²) in [7, 11) is 0. The van der Waals surface area contributed by atoms with Crippen molar-refractivity contribution in [1.82, 2.24) is 0 Å². The summed E-state index contributed by atoms with van der Waals surface area (Å²) in [4.78, 5) is 0. The van der Waals surface area contributed by atoms with Crippen LogP contribution in [0.4, 0.5) is 4.39 Å². The maximum absolute atomic E-state index is 13.4. The van der Waals surface area contributed by atoms with Crippen molar-refractivity contribution in [1.29, 1.82) is 0 Å². The van der Waals surface area contributed by atoms with E-state index in [4.69, 9.17) is 5.73 Å². The van der Waals surface area contributed by atoms with Crippen LogP contribution in [0.25, 0.3) is 0 Å². The summed E-state index contributed by atoms with van der Waals surface area (Å²) >= 11 is 3.11. The van der Waals surface area contributed by atoms with Gasteiger partial charge in [-0.15, -0.1) is 0 Å². The van der Waals surface area contributed by atoms with Crippen LogP contribution in [0.3, 0.4) is 0 Å². The minimum Gasteiger partial charge on any atom is -0.390 e. The van der Waals surface area contributed by atoms with Gasteiger partial charge in [0.2, 0.25) is 0 Å². The number of nitrogens with two attached hydrogens (primary N) is 1. The lowest BCUT2D eigenvalue weighted by Gasteiger charge is -2.18. The molecule has 0 fully saturated rings. The van der Waals surface area contributed by atoms with Crippen LogP contribution in [0.15, 0.2) is 22.7 Å². The lowest BCUT2D eigenvalue weighted by molar-refractivity contribution is 0.0129. The minimum atomic E-state index is -1.23. The number of rotatable bonds is 4. The number of aliphatic hydroxyl groups is 2. The van der Waals surface area contributed by atoms with Crippen molar-refractivity contribution in [3.8, 4) is 0 Å². The highest BCUT2D eigenvalue weighted by Crippen LogP contribution is 2.24. The van der Waals surface area contributed by atoms with E-state index in [1.165, 1.54) is 12.1 Å². The van der Waals surface area contributed by atoms with Gasteiger partial charge in [-0.3, -0.25) is 0 Å². The smallest absolute Gasteiger partial charge is 0.130 e. The van der Waals surface area contributed by atoms with E-state index < -0.39 is 18.0 Å². The van der Waals surface area contributed by atoms with Gasteiger partial charge in [-0.1, -0.05) is 22.0 Å². The van der Waals surface area contributed by atoms with E-state index in [0.29, 0.717) is 4.47 Å². The Hall–Kier alpha value is -0.490. The van der Waals surface area contributed by atoms with Gasteiger partial charge in [0.15, 0.2) is 0 Å². The van der Waals surface area contributed by atoms with Gasteiger partial charge >= 0.3 is 0 Å². The fourth-order valence-corrected chi connectivity index (χ4v) is 1.61. The van der Waals surface area contributed by atoms with Gasteiger partial charge in [-0.05, 0) is 25.1 Å². The predicted octanol–water partition coefficient (Wildman–Crippen LogP) is 1.33. The zero-order valence-corrected chi connectivity index (χ0v) is 9.61. The van der Waals surface area contributed by atoms with Gasteiger partial charge in [-0.2, -0.15) is 0 Å². The molecule has 0 saturated carbocycles. The fourth-order valence-electron chi connectivity index (χ4n) is 1.28. The van der Waals surface area contributed by atoms with Crippen LogP contribution < -0.4 is 5.73 Å². The van der Waals surface area contributed by atoms with E-state index in [-0.39, 0.29) is 18.5 Å². The Bertz CT molecular complexity index is 335. The molecule has 0 spiro atoms. The highest BCUT2D eigenvalue weighted by molar-refractivity contribution is 9.10. The van der Waals surface area contributed by atoms with Crippen molar-refractivity contribution in [2.24, 2.45) is 5.73 Å². The van der Waals surface area contributed by atoms with Crippen LogP contribution in [0.1, 0.15) is 18.1 Å². The first-order valence-electron chi connectivity index (χ1n) is 4.57. The Kier molecular flexibility index (Phi) is 4.66. The fraction of sp³-hybridized carbons (Fsp3) is 0.400. The number of hydrogen-bond donors (Lipinski definition) is 3. The third-order valence-electron chi connectivity index (χ3n) is 2.11. The van der Waals surface area contributed by atoms with Gasteiger partial charge in [-0.25, -0.2) is 4.39 Å². The first-order chi connectivity index (χ1) is 7.06. The van der Waals surface area contributed by atoms with Gasteiger partial charge < -0.3 is 15.9 Å². The summed E-state index contributed by atoms with van der Waals surface area (Å²) in [5, 5.41) is 19.1. The molecule has 0 heterocycles. The number of aliphatic hydroxyl groups excluding tert-OH is 2. The van der Waals surface area contributed by atoms with Crippen molar-refractivity contribution in [2.45, 2.75) is 18.6 Å². The third-order valence-corrected chi connectivity index (χ3v) is 2.60. The lowest BCUT2D eigenvalue weighted by atomic mass is 10.0. The van der Waals surface area contributed by atoms with Crippen LogP contribution in [0.5, 0.6) is 0 Å². The highest BCUT2D eigenvalue weighted by Gasteiger charge is 2.20. The Morgan fingerprint density at radius 2 is 2.07 bits per heavy atom. The highest BCUT2D eigenvalue weighted by atomic mass is 79.9. The predicted molar refractivity (Wildman–Crippen MR) is 58.7 cm³/mol. The second kappa shape index (κ2) is 5.55. The molecular weight excluding hydrogens is 265 g/mol. The van der Waals surface area contributed by atoms with E-state index in [9.17, 15) is 14.6 Å². The summed E-state index contributed by atoms with van der Waals surface area (Å²) in [6.07, 6.45) is -2.04. The maximum Gasteiger partial charge on any atom is 0.130 e. The Balaban J connectivity index is 2.86.